The van der Waals surface area contributed by atoms with Gasteiger partial charge in [-0.3, -0.25) is 28.8 Å². The van der Waals surface area contributed by atoms with Crippen molar-refractivity contribution in [2.45, 2.75) is 60.9 Å². The van der Waals surface area contributed by atoms with Gasteiger partial charge in [-0.15, -0.1) is 0 Å². The Morgan fingerprint density at radius 3 is 1.49 bits per heavy atom. The number of nitrogens with one attached hydrogen (secondary N) is 2. The van der Waals surface area contributed by atoms with Crippen molar-refractivity contribution in [2.24, 2.45) is 0 Å². The van der Waals surface area contributed by atoms with Crippen LogP contribution in [0.3, 0.4) is 0 Å². The third-order valence-electron chi connectivity index (χ3n) is 4.38. The summed E-state index contributed by atoms with van der Waals surface area (Å²) in [4.78, 5) is 66.4. The molecule has 2 amide bonds. The van der Waals surface area contributed by atoms with Gasteiger partial charge in [-0.25, -0.2) is 0 Å². The van der Waals surface area contributed by atoms with E-state index in [1.165, 1.54) is 45.9 Å². The van der Waals surface area contributed by atoms with Crippen molar-refractivity contribution in [3.63, 3.8) is 0 Å². The fraction of sp³-hybridized carbons (Fsp3) is 0.333. The van der Waals surface area contributed by atoms with Crippen molar-refractivity contribution in [1.82, 2.24) is 5.32 Å². The van der Waals surface area contributed by atoms with Crippen molar-refractivity contribution in [2.75, 3.05) is 5.32 Å². The van der Waals surface area contributed by atoms with Gasteiger partial charge in [-0.1, -0.05) is 19.9 Å². The van der Waals surface area contributed by atoms with Crippen LogP contribution in [0.1, 0.15) is 59.9 Å². The van der Waals surface area contributed by atoms with Crippen molar-refractivity contribution in [3.8, 4) is 23.0 Å². The topological polar surface area (TPSA) is 163 Å². The summed E-state index contributed by atoms with van der Waals surface area (Å²) in [6, 6.07) is 9.18. The van der Waals surface area contributed by atoms with Crippen LogP contribution in [0.4, 0.5) is 5.69 Å². The zero-order chi connectivity index (χ0) is 29.5. The normalized spacial score (nSPS) is 9.69. The number of rotatable bonds is 9. The number of hydrogen-bond donors (Lipinski definition) is 2. The molecule has 0 fully saturated rings. The van der Waals surface area contributed by atoms with Gasteiger partial charge in [-0.05, 0) is 29.8 Å². The first-order valence-corrected chi connectivity index (χ1v) is 11.9. The van der Waals surface area contributed by atoms with Crippen LogP contribution in [0.2, 0.25) is 0 Å². The first-order chi connectivity index (χ1) is 18.3. The molecular weight excluding hydrogens is 512 g/mol. The molecule has 2 N–H and O–H groups in total. The second-order valence-electron chi connectivity index (χ2n) is 7.85. The van der Waals surface area contributed by atoms with Crippen LogP contribution in [0.5, 0.6) is 23.0 Å². The molecule has 39 heavy (non-hydrogen) atoms. The average molecular weight is 545 g/mol. The minimum absolute atomic E-state index is 0.0802. The quantitative estimate of drug-likeness (QED) is 0.353. The van der Waals surface area contributed by atoms with Gasteiger partial charge < -0.3 is 29.6 Å². The van der Waals surface area contributed by atoms with Crippen LogP contribution < -0.4 is 29.6 Å². The third-order valence-corrected chi connectivity index (χ3v) is 4.38. The second-order valence-corrected chi connectivity index (χ2v) is 7.85. The number of hydrogen-bond acceptors (Lipinski definition) is 10. The number of esters is 4. The van der Waals surface area contributed by atoms with Crippen LogP contribution in [0.15, 0.2) is 36.4 Å². The van der Waals surface area contributed by atoms with E-state index >= 15 is 0 Å². The Balaban J connectivity index is 0.000000391. The van der Waals surface area contributed by atoms with Gasteiger partial charge in [0.25, 0.3) is 0 Å². The molecule has 0 aliphatic heterocycles. The molecule has 0 aliphatic rings. The van der Waals surface area contributed by atoms with Gasteiger partial charge in [0, 0.05) is 58.8 Å². The Hall–Kier alpha value is -4.74. The fourth-order valence-corrected chi connectivity index (χ4v) is 2.77. The summed E-state index contributed by atoms with van der Waals surface area (Å²) in [6.45, 7) is 8.76. The molecule has 0 heterocycles. The van der Waals surface area contributed by atoms with Gasteiger partial charge in [0.1, 0.15) is 0 Å². The predicted octanol–water partition coefficient (Wildman–Crippen LogP) is 3.45. The summed E-state index contributed by atoms with van der Waals surface area (Å²) in [7, 11) is 0. The second kappa shape index (κ2) is 16.2. The fourth-order valence-electron chi connectivity index (χ4n) is 2.77. The number of ether oxygens (including phenoxy) is 4. The lowest BCUT2D eigenvalue weighted by molar-refractivity contribution is -0.134. The highest BCUT2D eigenvalue weighted by Crippen LogP contribution is 2.31. The van der Waals surface area contributed by atoms with Gasteiger partial charge in [0.15, 0.2) is 23.0 Å². The molecule has 12 nitrogen and oxygen atoms in total. The van der Waals surface area contributed by atoms with E-state index in [1.807, 2.05) is 0 Å². The summed E-state index contributed by atoms with van der Waals surface area (Å²) in [6.07, 6.45) is 0.719. The monoisotopic (exact) mass is 544 g/mol. The highest BCUT2D eigenvalue weighted by molar-refractivity contribution is 5.91. The van der Waals surface area contributed by atoms with Crippen molar-refractivity contribution in [3.05, 3.63) is 42.0 Å². The zero-order valence-corrected chi connectivity index (χ0v) is 22.7. The molecule has 0 spiro atoms. The maximum absolute atomic E-state index is 11.3. The summed E-state index contributed by atoms with van der Waals surface area (Å²) in [5, 5.41) is 5.32. The molecule has 2 aromatic carbocycles. The summed E-state index contributed by atoms with van der Waals surface area (Å²) >= 11 is 0. The Morgan fingerprint density at radius 1 is 0.590 bits per heavy atom. The third kappa shape index (κ3) is 12.9. The van der Waals surface area contributed by atoms with E-state index in [0.29, 0.717) is 25.1 Å². The Morgan fingerprint density at radius 2 is 1.03 bits per heavy atom. The van der Waals surface area contributed by atoms with Crippen LogP contribution in [0, 0.1) is 0 Å². The lowest BCUT2D eigenvalue weighted by atomic mass is 10.2. The van der Waals surface area contributed by atoms with Gasteiger partial charge in [0.2, 0.25) is 11.8 Å². The van der Waals surface area contributed by atoms with Crippen molar-refractivity contribution in [1.29, 1.82) is 0 Å². The minimum atomic E-state index is -0.549. The van der Waals surface area contributed by atoms with E-state index in [2.05, 4.69) is 10.6 Å². The van der Waals surface area contributed by atoms with E-state index in [-0.39, 0.29) is 34.8 Å². The average Bonchev–Trinajstić information content (AvgIpc) is 2.84. The van der Waals surface area contributed by atoms with Crippen LogP contribution in [0.25, 0.3) is 0 Å². The first kappa shape index (κ1) is 32.3. The number of anilines is 1. The number of carbonyl (C=O) groups is 6. The van der Waals surface area contributed by atoms with Crippen LogP contribution in [-0.2, 0) is 35.3 Å². The van der Waals surface area contributed by atoms with Crippen LogP contribution in [-0.4, -0.2) is 35.7 Å². The Kier molecular flexibility index (Phi) is 13.4. The van der Waals surface area contributed by atoms with Gasteiger partial charge >= 0.3 is 23.9 Å². The SMILES string of the molecule is CCC(=O)NCc1ccc(OC(C)=O)c(OC(C)=O)c1.CCC(=O)Nc1ccc(OC(C)=O)c(OC(C)=O)c1. The number of amides is 2. The van der Waals surface area contributed by atoms with E-state index in [0.717, 1.165) is 5.56 Å². The molecule has 210 valence electrons. The summed E-state index contributed by atoms with van der Waals surface area (Å²) < 4.78 is 19.8. The highest BCUT2D eigenvalue weighted by atomic mass is 16.6. The molecule has 0 aliphatic carbocycles. The molecule has 0 unspecified atom stereocenters. The Labute approximate surface area is 225 Å². The molecule has 0 bridgehead atoms. The van der Waals surface area contributed by atoms with E-state index in [1.54, 1.807) is 32.0 Å². The molecular formula is C27H32N2O10. The highest BCUT2D eigenvalue weighted by Gasteiger charge is 2.13. The smallest absolute Gasteiger partial charge is 0.308 e. The largest absolute Gasteiger partial charge is 0.423 e. The molecule has 0 atom stereocenters. The molecule has 0 aromatic heterocycles. The molecule has 12 heteroatoms. The van der Waals surface area contributed by atoms with Gasteiger partial charge in [-0.2, -0.15) is 0 Å². The minimum Gasteiger partial charge on any atom is -0.423 e. The Bertz CT molecular complexity index is 1220. The molecule has 0 saturated heterocycles. The lowest BCUT2D eigenvalue weighted by Gasteiger charge is -2.11. The van der Waals surface area contributed by atoms with Crippen molar-refractivity contribution < 1.29 is 47.7 Å². The summed E-state index contributed by atoms with van der Waals surface area (Å²) in [5.41, 5.74) is 1.19. The van der Waals surface area contributed by atoms with Crippen molar-refractivity contribution >= 4 is 41.4 Å². The molecule has 0 radical (unpaired) electrons. The summed E-state index contributed by atoms with van der Waals surface area (Å²) in [5.74, 6) is -1.84. The lowest BCUT2D eigenvalue weighted by Crippen LogP contribution is -2.21. The number of benzene rings is 2. The zero-order valence-electron chi connectivity index (χ0n) is 22.7. The maximum atomic E-state index is 11.3. The van der Waals surface area contributed by atoms with Crippen LogP contribution >= 0.6 is 0 Å². The molecule has 2 aromatic rings. The predicted molar refractivity (Wildman–Crippen MR) is 139 cm³/mol. The maximum Gasteiger partial charge on any atom is 0.308 e. The molecule has 0 saturated carbocycles. The van der Waals surface area contributed by atoms with E-state index in [4.69, 9.17) is 18.9 Å². The van der Waals surface area contributed by atoms with E-state index in [9.17, 15) is 28.8 Å². The molecule has 2 rings (SSSR count). The van der Waals surface area contributed by atoms with Gasteiger partial charge in [0.05, 0.1) is 0 Å². The first-order valence-electron chi connectivity index (χ1n) is 11.9. The standard InChI is InChI=1S/C14H17NO5.C13H15NO5/c1-4-14(18)15-8-11-5-6-12(19-9(2)16)13(7-11)20-10(3)17;1-4-13(17)14-10-5-6-11(18-8(2)15)12(7-10)19-9(3)16/h5-7H,4,8H2,1-3H3,(H,15,18);5-7H,4H2,1-3H3,(H,14,17). The van der Waals surface area contributed by atoms with E-state index < -0.39 is 23.9 Å². The number of carbonyl (C=O) groups excluding carboxylic acids is 6.